The molecule has 0 spiro atoms. The Labute approximate surface area is 133 Å². The lowest BCUT2D eigenvalue weighted by molar-refractivity contribution is -0.121. The summed E-state index contributed by atoms with van der Waals surface area (Å²) in [7, 11) is 1.67. The quantitative estimate of drug-likeness (QED) is 0.814. The van der Waals surface area contributed by atoms with E-state index in [0.29, 0.717) is 12.3 Å². The van der Waals surface area contributed by atoms with Crippen LogP contribution in [-0.2, 0) is 4.79 Å². The van der Waals surface area contributed by atoms with Crippen molar-refractivity contribution in [1.29, 1.82) is 0 Å². The number of amides is 1. The molecule has 1 aliphatic heterocycles. The molecule has 1 amide bonds. The van der Waals surface area contributed by atoms with E-state index in [1.807, 2.05) is 24.3 Å². The average molecular weight is 304 g/mol. The monoisotopic (exact) mass is 304 g/mol. The highest BCUT2D eigenvalue weighted by atomic mass is 16.5. The van der Waals surface area contributed by atoms with Gasteiger partial charge in [0, 0.05) is 13.0 Å². The van der Waals surface area contributed by atoms with Gasteiger partial charge in [-0.25, -0.2) is 0 Å². The summed E-state index contributed by atoms with van der Waals surface area (Å²) in [6.45, 7) is 5.08. The van der Waals surface area contributed by atoms with Gasteiger partial charge in [-0.1, -0.05) is 25.1 Å². The Hall–Kier alpha value is -1.55. The standard InChI is InChI=1S/C18H28N2O2/c1-14(16-7-3-4-8-17(16)22-2)12-18(21)20-11-9-15-6-5-10-19-13-15/h3-4,7-8,14-15,19H,5-6,9-13H2,1-2H3,(H,20,21). The number of hydrogen-bond donors (Lipinski definition) is 2. The number of benzene rings is 1. The first-order valence-electron chi connectivity index (χ1n) is 8.31. The molecule has 2 unspecified atom stereocenters. The minimum absolute atomic E-state index is 0.127. The van der Waals surface area contributed by atoms with Crippen molar-refractivity contribution < 1.29 is 9.53 Å². The van der Waals surface area contributed by atoms with Crippen LogP contribution in [0.2, 0.25) is 0 Å². The van der Waals surface area contributed by atoms with Crippen LogP contribution in [0.25, 0.3) is 0 Å². The summed E-state index contributed by atoms with van der Waals surface area (Å²) in [5.74, 6) is 1.85. The Bertz CT molecular complexity index is 470. The van der Waals surface area contributed by atoms with Crippen LogP contribution in [-0.4, -0.2) is 32.7 Å². The highest BCUT2D eigenvalue weighted by molar-refractivity contribution is 5.76. The van der Waals surface area contributed by atoms with Gasteiger partial charge in [0.25, 0.3) is 0 Å². The van der Waals surface area contributed by atoms with E-state index in [0.717, 1.165) is 37.4 Å². The minimum atomic E-state index is 0.127. The molecule has 1 aromatic rings. The molecule has 0 aliphatic carbocycles. The van der Waals surface area contributed by atoms with Crippen LogP contribution in [0.5, 0.6) is 5.75 Å². The molecular formula is C18H28N2O2. The maximum absolute atomic E-state index is 12.1. The van der Waals surface area contributed by atoms with Crippen LogP contribution in [0.4, 0.5) is 0 Å². The Kier molecular flexibility index (Phi) is 6.72. The molecule has 22 heavy (non-hydrogen) atoms. The Balaban J connectivity index is 1.74. The van der Waals surface area contributed by atoms with Crippen molar-refractivity contribution in [3.05, 3.63) is 29.8 Å². The summed E-state index contributed by atoms with van der Waals surface area (Å²) >= 11 is 0. The smallest absolute Gasteiger partial charge is 0.220 e. The third-order valence-electron chi connectivity index (χ3n) is 4.44. The predicted octanol–water partition coefficient (Wildman–Crippen LogP) is 2.69. The van der Waals surface area contributed by atoms with Crippen molar-refractivity contribution >= 4 is 5.91 Å². The normalized spacial score (nSPS) is 19.5. The van der Waals surface area contributed by atoms with Crippen LogP contribution in [0.15, 0.2) is 24.3 Å². The lowest BCUT2D eigenvalue weighted by Crippen LogP contribution is -2.33. The molecular weight excluding hydrogens is 276 g/mol. The van der Waals surface area contributed by atoms with Gasteiger partial charge in [-0.2, -0.15) is 0 Å². The second-order valence-electron chi connectivity index (χ2n) is 6.20. The Morgan fingerprint density at radius 1 is 1.45 bits per heavy atom. The van der Waals surface area contributed by atoms with Crippen LogP contribution >= 0.6 is 0 Å². The van der Waals surface area contributed by atoms with E-state index in [-0.39, 0.29) is 11.8 Å². The van der Waals surface area contributed by atoms with Gasteiger partial charge in [0.15, 0.2) is 0 Å². The molecule has 4 nitrogen and oxygen atoms in total. The fourth-order valence-electron chi connectivity index (χ4n) is 3.12. The van der Waals surface area contributed by atoms with Gasteiger partial charge < -0.3 is 15.4 Å². The summed E-state index contributed by atoms with van der Waals surface area (Å²) in [5, 5.41) is 6.47. The third-order valence-corrected chi connectivity index (χ3v) is 4.44. The summed E-state index contributed by atoms with van der Waals surface area (Å²) in [5.41, 5.74) is 1.09. The second kappa shape index (κ2) is 8.79. The van der Waals surface area contributed by atoms with Gasteiger partial charge in [-0.3, -0.25) is 4.79 Å². The first kappa shape index (κ1) is 16.8. The van der Waals surface area contributed by atoms with E-state index >= 15 is 0 Å². The fourth-order valence-corrected chi connectivity index (χ4v) is 3.12. The topological polar surface area (TPSA) is 50.4 Å². The number of methoxy groups -OCH3 is 1. The van der Waals surface area contributed by atoms with Crippen LogP contribution in [0.3, 0.4) is 0 Å². The molecule has 0 saturated carbocycles. The van der Waals surface area contributed by atoms with Gasteiger partial charge in [-0.05, 0) is 55.8 Å². The minimum Gasteiger partial charge on any atom is -0.496 e. The zero-order chi connectivity index (χ0) is 15.8. The molecule has 1 aromatic carbocycles. The van der Waals surface area contributed by atoms with E-state index in [1.165, 1.54) is 12.8 Å². The molecule has 1 saturated heterocycles. The molecule has 2 rings (SSSR count). The molecule has 4 heteroatoms. The van der Waals surface area contributed by atoms with Crippen LogP contribution in [0.1, 0.15) is 44.1 Å². The number of nitrogens with one attached hydrogen (secondary N) is 2. The first-order chi connectivity index (χ1) is 10.7. The number of carbonyl (C=O) groups excluding carboxylic acids is 1. The van der Waals surface area contributed by atoms with Gasteiger partial charge >= 0.3 is 0 Å². The van der Waals surface area contributed by atoms with Gasteiger partial charge in [-0.15, -0.1) is 0 Å². The SMILES string of the molecule is COc1ccccc1C(C)CC(=O)NCCC1CCCNC1. The van der Waals surface area contributed by atoms with E-state index in [1.54, 1.807) is 7.11 Å². The van der Waals surface area contributed by atoms with Crippen LogP contribution < -0.4 is 15.4 Å². The molecule has 0 radical (unpaired) electrons. The van der Waals surface area contributed by atoms with Crippen molar-refractivity contribution in [2.45, 2.75) is 38.5 Å². The number of piperidine rings is 1. The molecule has 0 aromatic heterocycles. The zero-order valence-corrected chi connectivity index (χ0v) is 13.7. The van der Waals surface area contributed by atoms with Gasteiger partial charge in [0.05, 0.1) is 7.11 Å². The molecule has 1 heterocycles. The molecule has 0 bridgehead atoms. The number of para-hydroxylation sites is 1. The highest BCUT2D eigenvalue weighted by Gasteiger charge is 2.16. The lowest BCUT2D eigenvalue weighted by Gasteiger charge is -2.22. The highest BCUT2D eigenvalue weighted by Crippen LogP contribution is 2.28. The Morgan fingerprint density at radius 2 is 2.27 bits per heavy atom. The summed E-state index contributed by atoms with van der Waals surface area (Å²) in [6, 6.07) is 7.92. The van der Waals surface area contributed by atoms with Gasteiger partial charge in [0.1, 0.15) is 5.75 Å². The maximum atomic E-state index is 12.1. The summed E-state index contributed by atoms with van der Waals surface area (Å²) in [4.78, 5) is 12.1. The Morgan fingerprint density at radius 3 is 3.00 bits per heavy atom. The fraction of sp³-hybridized carbons (Fsp3) is 0.611. The largest absolute Gasteiger partial charge is 0.496 e. The zero-order valence-electron chi connectivity index (χ0n) is 13.7. The average Bonchev–Trinajstić information content (AvgIpc) is 2.55. The van der Waals surface area contributed by atoms with Crippen molar-refractivity contribution in [2.75, 3.05) is 26.7 Å². The lowest BCUT2D eigenvalue weighted by atomic mass is 9.95. The number of rotatable bonds is 7. The number of hydrogen-bond acceptors (Lipinski definition) is 3. The maximum Gasteiger partial charge on any atom is 0.220 e. The molecule has 2 atom stereocenters. The van der Waals surface area contributed by atoms with Crippen molar-refractivity contribution in [1.82, 2.24) is 10.6 Å². The predicted molar refractivity (Wildman–Crippen MR) is 89.2 cm³/mol. The molecule has 2 N–H and O–H groups in total. The first-order valence-corrected chi connectivity index (χ1v) is 8.31. The van der Waals surface area contributed by atoms with E-state index in [4.69, 9.17) is 4.74 Å². The third kappa shape index (κ3) is 5.02. The van der Waals surface area contributed by atoms with E-state index < -0.39 is 0 Å². The summed E-state index contributed by atoms with van der Waals surface area (Å²) < 4.78 is 5.37. The summed E-state index contributed by atoms with van der Waals surface area (Å²) in [6.07, 6.45) is 4.11. The van der Waals surface area contributed by atoms with Crippen molar-refractivity contribution in [3.8, 4) is 5.75 Å². The van der Waals surface area contributed by atoms with Crippen LogP contribution in [0, 0.1) is 5.92 Å². The van der Waals surface area contributed by atoms with Crippen molar-refractivity contribution in [3.63, 3.8) is 0 Å². The number of carbonyl (C=O) groups is 1. The molecule has 122 valence electrons. The van der Waals surface area contributed by atoms with E-state index in [9.17, 15) is 4.79 Å². The van der Waals surface area contributed by atoms with Crippen molar-refractivity contribution in [2.24, 2.45) is 5.92 Å². The molecule has 1 aliphatic rings. The van der Waals surface area contributed by atoms with E-state index in [2.05, 4.69) is 17.6 Å². The number of ether oxygens (including phenoxy) is 1. The van der Waals surface area contributed by atoms with Gasteiger partial charge in [0.2, 0.25) is 5.91 Å². The second-order valence-corrected chi connectivity index (χ2v) is 6.20. The molecule has 1 fully saturated rings.